The van der Waals surface area contributed by atoms with Gasteiger partial charge in [-0.05, 0) is 60.2 Å². The third-order valence-corrected chi connectivity index (χ3v) is 4.48. The lowest BCUT2D eigenvalue weighted by molar-refractivity contribution is 0.100. The van der Waals surface area contributed by atoms with Gasteiger partial charge in [0.1, 0.15) is 11.5 Å². The monoisotopic (exact) mass is 323 g/mol. The van der Waals surface area contributed by atoms with Gasteiger partial charge in [0.2, 0.25) is 5.91 Å². The molecule has 2 rings (SSSR count). The molecule has 24 heavy (non-hydrogen) atoms. The molecule has 0 aliphatic carbocycles. The van der Waals surface area contributed by atoms with Gasteiger partial charge < -0.3 is 10.5 Å². The summed E-state index contributed by atoms with van der Waals surface area (Å²) in [6.45, 7) is 8.33. The molecule has 2 atom stereocenters. The summed E-state index contributed by atoms with van der Waals surface area (Å²) in [6.07, 6.45) is 4.16. The lowest BCUT2D eigenvalue weighted by Crippen LogP contribution is -2.10. The summed E-state index contributed by atoms with van der Waals surface area (Å²) in [5, 5.41) is 0. The molecule has 0 aliphatic heterocycles. The number of hydrogen-bond acceptors (Lipinski definition) is 2. The summed E-state index contributed by atoms with van der Waals surface area (Å²) < 4.78 is 5.81. The summed E-state index contributed by atoms with van der Waals surface area (Å²) in [7, 11) is 0. The van der Waals surface area contributed by atoms with Crippen molar-refractivity contribution in [3.8, 4) is 11.5 Å². The maximum absolute atomic E-state index is 11.1. The van der Waals surface area contributed by atoms with Crippen LogP contribution < -0.4 is 10.5 Å². The molecule has 2 aromatic carbocycles. The van der Waals surface area contributed by atoms with E-state index in [2.05, 4.69) is 32.6 Å². The maximum atomic E-state index is 11.1. The van der Waals surface area contributed by atoms with Crippen LogP contribution in [0.5, 0.6) is 11.5 Å². The molecule has 0 radical (unpaired) electrons. The van der Waals surface area contributed by atoms with Gasteiger partial charge >= 0.3 is 0 Å². The van der Waals surface area contributed by atoms with Crippen LogP contribution in [0.3, 0.4) is 0 Å². The number of nitrogens with two attached hydrogens (primary N) is 1. The smallest absolute Gasteiger partial charge is 0.248 e. The number of ether oxygens (including phenoxy) is 1. The largest absolute Gasteiger partial charge is 0.457 e. The van der Waals surface area contributed by atoms with Gasteiger partial charge in [0.05, 0.1) is 0 Å². The van der Waals surface area contributed by atoms with Crippen LogP contribution in [0.15, 0.2) is 61.2 Å². The highest BCUT2D eigenvalue weighted by Gasteiger charge is 2.16. The summed E-state index contributed by atoms with van der Waals surface area (Å²) in [6, 6.07) is 15.0. The Balaban J connectivity index is 2.06. The zero-order valence-corrected chi connectivity index (χ0v) is 14.4. The number of carbonyl (C=O) groups is 1. The molecule has 1 amide bonds. The van der Waals surface area contributed by atoms with Gasteiger partial charge in [0.25, 0.3) is 0 Å². The van der Waals surface area contributed by atoms with E-state index in [-0.39, 0.29) is 0 Å². The van der Waals surface area contributed by atoms with Crippen molar-refractivity contribution in [2.45, 2.75) is 32.6 Å². The molecule has 0 fully saturated rings. The molecule has 2 unspecified atom stereocenters. The van der Waals surface area contributed by atoms with Crippen molar-refractivity contribution in [2.24, 2.45) is 11.7 Å². The van der Waals surface area contributed by atoms with Gasteiger partial charge in [-0.25, -0.2) is 0 Å². The second-order valence-corrected chi connectivity index (χ2v) is 6.04. The van der Waals surface area contributed by atoms with Crippen LogP contribution in [0.1, 0.15) is 48.5 Å². The molecule has 0 saturated heterocycles. The Labute approximate surface area is 144 Å². The number of carbonyl (C=O) groups excluding carboxylic acids is 1. The molecular formula is C21H25NO2. The lowest BCUT2D eigenvalue weighted by atomic mass is 9.84. The third-order valence-electron chi connectivity index (χ3n) is 4.48. The molecule has 0 heterocycles. The molecule has 0 spiro atoms. The van der Waals surface area contributed by atoms with E-state index in [0.717, 1.165) is 18.6 Å². The first-order valence-electron chi connectivity index (χ1n) is 8.33. The number of hydrogen-bond donors (Lipinski definition) is 1. The van der Waals surface area contributed by atoms with Gasteiger partial charge in [-0.3, -0.25) is 4.79 Å². The van der Waals surface area contributed by atoms with Crippen LogP contribution in [0.25, 0.3) is 0 Å². The maximum Gasteiger partial charge on any atom is 0.248 e. The highest BCUT2D eigenvalue weighted by molar-refractivity contribution is 5.92. The molecule has 0 aliphatic rings. The van der Waals surface area contributed by atoms with E-state index in [1.165, 1.54) is 5.56 Å². The first kappa shape index (κ1) is 17.8. The molecule has 0 aromatic heterocycles. The van der Waals surface area contributed by atoms with Crippen LogP contribution in [0.4, 0.5) is 0 Å². The Morgan fingerprint density at radius 1 is 1.12 bits per heavy atom. The third kappa shape index (κ3) is 4.48. The molecule has 0 saturated carbocycles. The standard InChI is InChI=1S/C21H25NO2/c1-4-6-16(5-2)15(3)17-7-11-19(12-8-17)24-20-13-9-18(10-14-20)21(22)23/h4,7-16H,1,5-6H2,2-3H3,(H2,22,23). The average molecular weight is 323 g/mol. The molecule has 126 valence electrons. The van der Waals surface area contributed by atoms with E-state index < -0.39 is 5.91 Å². The van der Waals surface area contributed by atoms with Gasteiger partial charge in [-0.1, -0.05) is 38.5 Å². The van der Waals surface area contributed by atoms with Crippen molar-refractivity contribution in [2.75, 3.05) is 0 Å². The Hall–Kier alpha value is -2.55. The van der Waals surface area contributed by atoms with Crippen molar-refractivity contribution in [3.05, 3.63) is 72.3 Å². The average Bonchev–Trinajstić information content (AvgIpc) is 2.60. The van der Waals surface area contributed by atoms with Crippen LogP contribution >= 0.6 is 0 Å². The zero-order chi connectivity index (χ0) is 17.5. The van der Waals surface area contributed by atoms with Gasteiger partial charge in [-0.2, -0.15) is 0 Å². The topological polar surface area (TPSA) is 52.3 Å². The number of rotatable bonds is 8. The predicted molar refractivity (Wildman–Crippen MR) is 98.5 cm³/mol. The fraction of sp³-hybridized carbons (Fsp3) is 0.286. The first-order chi connectivity index (χ1) is 11.5. The molecule has 3 nitrogen and oxygen atoms in total. The van der Waals surface area contributed by atoms with Crippen molar-refractivity contribution >= 4 is 5.91 Å². The normalized spacial score (nSPS) is 13.1. The van der Waals surface area contributed by atoms with Crippen molar-refractivity contribution in [1.82, 2.24) is 0 Å². The second kappa shape index (κ2) is 8.34. The highest BCUT2D eigenvalue weighted by Crippen LogP contribution is 2.31. The summed E-state index contributed by atoms with van der Waals surface area (Å²) >= 11 is 0. The van der Waals surface area contributed by atoms with Crippen molar-refractivity contribution < 1.29 is 9.53 Å². The molecule has 2 N–H and O–H groups in total. The molecule has 0 bridgehead atoms. The fourth-order valence-electron chi connectivity index (χ4n) is 2.87. The first-order valence-corrected chi connectivity index (χ1v) is 8.33. The van der Waals surface area contributed by atoms with Crippen LogP contribution in [0.2, 0.25) is 0 Å². The summed E-state index contributed by atoms with van der Waals surface area (Å²) in [4.78, 5) is 11.1. The highest BCUT2D eigenvalue weighted by atomic mass is 16.5. The minimum atomic E-state index is -0.440. The molecular weight excluding hydrogens is 298 g/mol. The van der Waals surface area contributed by atoms with E-state index in [1.807, 2.05) is 18.2 Å². The Morgan fingerprint density at radius 2 is 1.67 bits per heavy atom. The van der Waals surface area contributed by atoms with Gasteiger partial charge in [0.15, 0.2) is 0 Å². The fourth-order valence-corrected chi connectivity index (χ4v) is 2.87. The minimum absolute atomic E-state index is 0.440. The number of benzene rings is 2. The van der Waals surface area contributed by atoms with E-state index in [1.54, 1.807) is 24.3 Å². The van der Waals surface area contributed by atoms with Crippen molar-refractivity contribution in [3.63, 3.8) is 0 Å². The van der Waals surface area contributed by atoms with Crippen LogP contribution in [-0.4, -0.2) is 5.91 Å². The number of primary amides is 1. The molecule has 3 heteroatoms. The SMILES string of the molecule is C=CCC(CC)C(C)c1ccc(Oc2ccc(C(N)=O)cc2)cc1. The van der Waals surface area contributed by atoms with E-state index in [9.17, 15) is 4.79 Å². The van der Waals surface area contributed by atoms with Crippen LogP contribution in [0, 0.1) is 5.92 Å². The Kier molecular flexibility index (Phi) is 6.19. The van der Waals surface area contributed by atoms with Crippen molar-refractivity contribution in [1.29, 1.82) is 0 Å². The van der Waals surface area contributed by atoms with Gasteiger partial charge in [0, 0.05) is 5.56 Å². The van der Waals surface area contributed by atoms with Crippen LogP contribution in [-0.2, 0) is 0 Å². The van der Waals surface area contributed by atoms with Gasteiger partial charge in [-0.15, -0.1) is 6.58 Å². The predicted octanol–water partition coefficient (Wildman–Crippen LogP) is 5.28. The quantitative estimate of drug-likeness (QED) is 0.672. The minimum Gasteiger partial charge on any atom is -0.457 e. The Bertz CT molecular complexity index is 674. The van der Waals surface area contributed by atoms with E-state index in [0.29, 0.717) is 23.1 Å². The summed E-state index contributed by atoms with van der Waals surface area (Å²) in [5.74, 6) is 2.10. The second-order valence-electron chi connectivity index (χ2n) is 6.04. The Morgan fingerprint density at radius 3 is 2.12 bits per heavy atom. The number of allylic oxidation sites excluding steroid dienone is 1. The number of amides is 1. The van der Waals surface area contributed by atoms with E-state index in [4.69, 9.17) is 10.5 Å². The van der Waals surface area contributed by atoms with E-state index >= 15 is 0 Å². The molecule has 2 aromatic rings. The summed E-state index contributed by atoms with van der Waals surface area (Å²) in [5.41, 5.74) is 7.01. The lowest BCUT2D eigenvalue weighted by Gasteiger charge is -2.22. The zero-order valence-electron chi connectivity index (χ0n) is 14.4.